The van der Waals surface area contributed by atoms with Crippen LogP contribution in [0.3, 0.4) is 0 Å². The zero-order chi connectivity index (χ0) is 14.5. The summed E-state index contributed by atoms with van der Waals surface area (Å²) in [7, 11) is 0. The molecule has 0 unspecified atom stereocenters. The zero-order valence-electron chi connectivity index (χ0n) is 12.5. The Kier molecular flexibility index (Phi) is 6.20. The van der Waals surface area contributed by atoms with Gasteiger partial charge in [-0.3, -0.25) is 0 Å². The largest absolute Gasteiger partial charge is 0.374 e. The van der Waals surface area contributed by atoms with Crippen LogP contribution in [-0.2, 0) is 16.8 Å². The maximum atomic E-state index is 5.42. The molecule has 108 valence electrons. The number of anilines is 1. The highest BCUT2D eigenvalue weighted by molar-refractivity contribution is 9.10. The van der Waals surface area contributed by atoms with Gasteiger partial charge in [0.25, 0.3) is 0 Å². The summed E-state index contributed by atoms with van der Waals surface area (Å²) in [4.78, 5) is 9.15. The van der Waals surface area contributed by atoms with Crippen LogP contribution in [0.2, 0.25) is 0 Å². The predicted octanol–water partition coefficient (Wildman–Crippen LogP) is 3.90. The van der Waals surface area contributed by atoms with Crippen LogP contribution >= 0.6 is 15.9 Å². The molecule has 1 heterocycles. The number of hydrogen-bond donors (Lipinski definition) is 1. The van der Waals surface area contributed by atoms with Crippen LogP contribution in [0.1, 0.15) is 52.6 Å². The molecule has 0 radical (unpaired) electrons. The van der Waals surface area contributed by atoms with Crippen molar-refractivity contribution in [2.24, 2.45) is 0 Å². The van der Waals surface area contributed by atoms with Crippen LogP contribution in [0, 0.1) is 0 Å². The fraction of sp³-hybridized carbons (Fsp3) is 0.714. The molecule has 0 fully saturated rings. The number of nitrogens with one attached hydrogen (secondary N) is 1. The van der Waals surface area contributed by atoms with E-state index in [0.717, 1.165) is 34.8 Å². The maximum Gasteiger partial charge on any atom is 0.156 e. The molecule has 0 atom stereocenters. The van der Waals surface area contributed by atoms with Crippen molar-refractivity contribution in [1.29, 1.82) is 0 Å². The van der Waals surface area contributed by atoms with Gasteiger partial charge in [0.15, 0.2) is 5.82 Å². The minimum absolute atomic E-state index is 0.0363. The number of aromatic nitrogens is 2. The van der Waals surface area contributed by atoms with Gasteiger partial charge in [-0.1, -0.05) is 27.7 Å². The first kappa shape index (κ1) is 16.4. The number of rotatable bonds is 6. The first-order valence-electron chi connectivity index (χ1n) is 6.78. The summed E-state index contributed by atoms with van der Waals surface area (Å²) < 4.78 is 6.37. The molecule has 0 aliphatic heterocycles. The van der Waals surface area contributed by atoms with Crippen LogP contribution in [-0.4, -0.2) is 23.1 Å². The average Bonchev–Trinajstić information content (AvgIpc) is 2.34. The molecule has 0 aliphatic rings. The Bertz CT molecular complexity index is 416. The van der Waals surface area contributed by atoms with Crippen molar-refractivity contribution in [1.82, 2.24) is 9.97 Å². The lowest BCUT2D eigenvalue weighted by atomic mass is 9.92. The number of halogens is 1. The van der Waals surface area contributed by atoms with E-state index >= 15 is 0 Å². The Balaban J connectivity index is 3.14. The lowest BCUT2D eigenvalue weighted by molar-refractivity contribution is 0.128. The molecule has 1 aromatic heterocycles. The Morgan fingerprint density at radius 2 is 1.89 bits per heavy atom. The van der Waals surface area contributed by atoms with E-state index in [4.69, 9.17) is 4.74 Å². The molecule has 5 heteroatoms. The summed E-state index contributed by atoms with van der Waals surface area (Å²) in [5.41, 5.74) is 0.974. The van der Waals surface area contributed by atoms with E-state index in [-0.39, 0.29) is 5.41 Å². The molecular formula is C14H24BrN3O. The molecule has 0 amide bonds. The minimum atomic E-state index is -0.0363. The molecular weight excluding hydrogens is 306 g/mol. The van der Waals surface area contributed by atoms with Gasteiger partial charge < -0.3 is 10.1 Å². The standard InChI is InChI=1S/C14H24BrN3O/c1-6-8-16-13-11(15)12(14(3,4)5)17-10(18-13)9-19-7-2/h6-9H2,1-5H3,(H,16,17,18). The molecule has 0 aromatic carbocycles. The predicted molar refractivity (Wildman–Crippen MR) is 82.5 cm³/mol. The van der Waals surface area contributed by atoms with Crippen molar-refractivity contribution in [2.45, 2.75) is 53.1 Å². The van der Waals surface area contributed by atoms with Gasteiger partial charge in [-0.2, -0.15) is 0 Å². The first-order chi connectivity index (χ1) is 8.90. The van der Waals surface area contributed by atoms with Crippen molar-refractivity contribution in [3.63, 3.8) is 0 Å². The van der Waals surface area contributed by atoms with Crippen LogP contribution in [0.5, 0.6) is 0 Å². The fourth-order valence-electron chi connectivity index (χ4n) is 1.61. The smallest absolute Gasteiger partial charge is 0.156 e. The topological polar surface area (TPSA) is 47.0 Å². The van der Waals surface area contributed by atoms with Crippen molar-refractivity contribution < 1.29 is 4.74 Å². The first-order valence-corrected chi connectivity index (χ1v) is 7.58. The third-order valence-corrected chi connectivity index (χ3v) is 3.34. The second kappa shape index (κ2) is 7.20. The van der Waals surface area contributed by atoms with Gasteiger partial charge in [0.1, 0.15) is 12.4 Å². The van der Waals surface area contributed by atoms with Crippen LogP contribution in [0.4, 0.5) is 5.82 Å². The summed E-state index contributed by atoms with van der Waals surface area (Å²) >= 11 is 3.62. The van der Waals surface area contributed by atoms with Crippen LogP contribution in [0.25, 0.3) is 0 Å². The summed E-state index contributed by atoms with van der Waals surface area (Å²) in [5.74, 6) is 1.59. The fourth-order valence-corrected chi connectivity index (χ4v) is 2.52. The summed E-state index contributed by atoms with van der Waals surface area (Å²) in [6.07, 6.45) is 1.06. The third kappa shape index (κ3) is 4.73. The number of nitrogens with zero attached hydrogens (tertiary/aromatic N) is 2. The quantitative estimate of drug-likeness (QED) is 0.859. The monoisotopic (exact) mass is 329 g/mol. The molecule has 4 nitrogen and oxygen atoms in total. The molecule has 0 spiro atoms. The molecule has 0 aliphatic carbocycles. The van der Waals surface area contributed by atoms with Crippen molar-refractivity contribution >= 4 is 21.7 Å². The number of hydrogen-bond acceptors (Lipinski definition) is 4. The molecule has 0 saturated heterocycles. The molecule has 0 bridgehead atoms. The Labute approximate surface area is 124 Å². The lowest BCUT2D eigenvalue weighted by Crippen LogP contribution is -2.19. The average molecular weight is 330 g/mol. The Hall–Kier alpha value is -0.680. The molecule has 1 N–H and O–H groups in total. The Morgan fingerprint density at radius 3 is 2.42 bits per heavy atom. The van der Waals surface area contributed by atoms with E-state index in [0.29, 0.717) is 13.2 Å². The van der Waals surface area contributed by atoms with Gasteiger partial charge in [0.2, 0.25) is 0 Å². The number of ether oxygens (including phenoxy) is 1. The van der Waals surface area contributed by atoms with E-state index in [2.05, 4.69) is 58.9 Å². The van der Waals surface area contributed by atoms with E-state index < -0.39 is 0 Å². The maximum absolute atomic E-state index is 5.42. The second-order valence-electron chi connectivity index (χ2n) is 5.46. The van der Waals surface area contributed by atoms with Gasteiger partial charge in [-0.15, -0.1) is 0 Å². The highest BCUT2D eigenvalue weighted by atomic mass is 79.9. The highest BCUT2D eigenvalue weighted by Crippen LogP contribution is 2.32. The van der Waals surface area contributed by atoms with Gasteiger partial charge in [-0.25, -0.2) is 9.97 Å². The normalized spacial score (nSPS) is 11.7. The van der Waals surface area contributed by atoms with Crippen molar-refractivity contribution in [3.8, 4) is 0 Å². The molecule has 1 aromatic rings. The van der Waals surface area contributed by atoms with Crippen LogP contribution in [0.15, 0.2) is 4.47 Å². The van der Waals surface area contributed by atoms with Crippen molar-refractivity contribution in [3.05, 3.63) is 16.0 Å². The third-order valence-electron chi connectivity index (χ3n) is 2.59. The zero-order valence-corrected chi connectivity index (χ0v) is 14.1. The van der Waals surface area contributed by atoms with Crippen molar-refractivity contribution in [2.75, 3.05) is 18.5 Å². The summed E-state index contributed by atoms with van der Waals surface area (Å²) in [5, 5.41) is 3.34. The minimum Gasteiger partial charge on any atom is -0.374 e. The SMILES string of the molecule is CCCNc1nc(COCC)nc(C(C)(C)C)c1Br. The lowest BCUT2D eigenvalue weighted by Gasteiger charge is -2.22. The summed E-state index contributed by atoms with van der Waals surface area (Å²) in [6.45, 7) is 12.6. The van der Waals surface area contributed by atoms with Gasteiger partial charge >= 0.3 is 0 Å². The van der Waals surface area contributed by atoms with Gasteiger partial charge in [-0.05, 0) is 29.3 Å². The van der Waals surface area contributed by atoms with E-state index in [1.165, 1.54) is 0 Å². The second-order valence-corrected chi connectivity index (χ2v) is 6.26. The van der Waals surface area contributed by atoms with Gasteiger partial charge in [0.05, 0.1) is 10.2 Å². The summed E-state index contributed by atoms with van der Waals surface area (Å²) in [6, 6.07) is 0. The van der Waals surface area contributed by atoms with Crippen LogP contribution < -0.4 is 5.32 Å². The molecule has 0 saturated carbocycles. The van der Waals surface area contributed by atoms with Gasteiger partial charge in [0, 0.05) is 18.6 Å². The molecule has 1 rings (SSSR count). The Morgan fingerprint density at radius 1 is 1.21 bits per heavy atom. The highest BCUT2D eigenvalue weighted by Gasteiger charge is 2.23. The van der Waals surface area contributed by atoms with E-state index in [9.17, 15) is 0 Å². The van der Waals surface area contributed by atoms with E-state index in [1.54, 1.807) is 0 Å². The molecule has 19 heavy (non-hydrogen) atoms. The van der Waals surface area contributed by atoms with E-state index in [1.807, 2.05) is 6.92 Å².